The van der Waals surface area contributed by atoms with Gasteiger partial charge < -0.3 is 5.11 Å². The molecule has 0 aliphatic carbocycles. The average molecular weight is 373 g/mol. The standard InChI is InChI=1S/C19H20N2O2S2/c1-13-10-16(14(2)21(13)19-20-8-9-25-19)18(23)12-24-11-17(22)15-6-4-3-5-7-15/h3-10,17,22H,11-12H2,1-2H3. The molecule has 1 unspecified atom stereocenters. The smallest absolute Gasteiger partial charge is 0.193 e. The molecule has 3 aromatic rings. The summed E-state index contributed by atoms with van der Waals surface area (Å²) in [6.07, 6.45) is 1.21. The third-order valence-corrected chi connectivity index (χ3v) is 5.81. The number of Topliss-reactive ketones (excluding diaryl/α,β-unsaturated/α-hetero) is 1. The summed E-state index contributed by atoms with van der Waals surface area (Å²) in [4.78, 5) is 16.9. The summed E-state index contributed by atoms with van der Waals surface area (Å²) < 4.78 is 2.02. The minimum atomic E-state index is -0.554. The van der Waals surface area contributed by atoms with E-state index in [9.17, 15) is 9.90 Å². The van der Waals surface area contributed by atoms with Crippen molar-refractivity contribution in [2.24, 2.45) is 0 Å². The Morgan fingerprint density at radius 2 is 2.08 bits per heavy atom. The molecule has 0 saturated heterocycles. The number of thioether (sulfide) groups is 1. The van der Waals surface area contributed by atoms with E-state index in [2.05, 4.69) is 4.98 Å². The van der Waals surface area contributed by atoms with E-state index in [1.807, 2.05) is 60.2 Å². The Balaban J connectivity index is 1.63. The normalized spacial score (nSPS) is 12.3. The van der Waals surface area contributed by atoms with E-state index in [1.165, 1.54) is 11.8 Å². The number of aliphatic hydroxyl groups excluding tert-OH is 1. The molecule has 2 heterocycles. The van der Waals surface area contributed by atoms with Crippen molar-refractivity contribution in [3.63, 3.8) is 0 Å². The minimum Gasteiger partial charge on any atom is -0.388 e. The highest BCUT2D eigenvalue weighted by Gasteiger charge is 2.18. The van der Waals surface area contributed by atoms with Gasteiger partial charge >= 0.3 is 0 Å². The molecule has 1 N–H and O–H groups in total. The van der Waals surface area contributed by atoms with Crippen LogP contribution in [0.1, 0.15) is 33.4 Å². The number of ketones is 1. The van der Waals surface area contributed by atoms with Crippen LogP contribution in [0.4, 0.5) is 0 Å². The molecule has 1 aromatic carbocycles. The van der Waals surface area contributed by atoms with Gasteiger partial charge in [0.1, 0.15) is 0 Å². The van der Waals surface area contributed by atoms with Gasteiger partial charge in [-0.2, -0.15) is 11.8 Å². The zero-order valence-electron chi connectivity index (χ0n) is 14.2. The lowest BCUT2D eigenvalue weighted by molar-refractivity contribution is 0.102. The number of aryl methyl sites for hydroxylation is 1. The van der Waals surface area contributed by atoms with E-state index in [1.54, 1.807) is 17.5 Å². The van der Waals surface area contributed by atoms with Crippen molar-refractivity contribution in [1.29, 1.82) is 0 Å². The maximum atomic E-state index is 12.6. The maximum absolute atomic E-state index is 12.6. The molecule has 0 saturated carbocycles. The highest BCUT2D eigenvalue weighted by atomic mass is 32.2. The van der Waals surface area contributed by atoms with Crippen LogP contribution in [0.25, 0.3) is 5.13 Å². The first-order chi connectivity index (χ1) is 12.1. The Hall–Kier alpha value is -1.89. The second-order valence-electron chi connectivity index (χ2n) is 5.80. The van der Waals surface area contributed by atoms with E-state index in [0.717, 1.165) is 27.6 Å². The molecule has 0 amide bonds. The van der Waals surface area contributed by atoms with Crippen molar-refractivity contribution >= 4 is 28.9 Å². The van der Waals surface area contributed by atoms with Gasteiger partial charge in [0.25, 0.3) is 0 Å². The van der Waals surface area contributed by atoms with Gasteiger partial charge in [-0.05, 0) is 25.5 Å². The van der Waals surface area contributed by atoms with Crippen molar-refractivity contribution in [1.82, 2.24) is 9.55 Å². The monoisotopic (exact) mass is 372 g/mol. The van der Waals surface area contributed by atoms with E-state index in [0.29, 0.717) is 11.5 Å². The topological polar surface area (TPSA) is 55.1 Å². The molecule has 0 spiro atoms. The fourth-order valence-corrected chi connectivity index (χ4v) is 4.40. The molecule has 2 aromatic heterocycles. The van der Waals surface area contributed by atoms with Crippen molar-refractivity contribution in [2.75, 3.05) is 11.5 Å². The summed E-state index contributed by atoms with van der Waals surface area (Å²) in [6, 6.07) is 11.4. The number of rotatable bonds is 7. The summed E-state index contributed by atoms with van der Waals surface area (Å²) in [7, 11) is 0. The average Bonchev–Trinajstić information content (AvgIpc) is 3.23. The number of aromatic nitrogens is 2. The van der Waals surface area contributed by atoms with Gasteiger partial charge in [-0.3, -0.25) is 9.36 Å². The Labute approximate surface area is 155 Å². The lowest BCUT2D eigenvalue weighted by atomic mass is 10.1. The van der Waals surface area contributed by atoms with Crippen LogP contribution in [0.2, 0.25) is 0 Å². The van der Waals surface area contributed by atoms with E-state index in [4.69, 9.17) is 0 Å². The fourth-order valence-electron chi connectivity index (χ4n) is 2.78. The second kappa shape index (κ2) is 7.99. The first-order valence-corrected chi connectivity index (χ1v) is 10.0. The molecule has 0 fully saturated rings. The molecule has 0 aliphatic heterocycles. The summed E-state index contributed by atoms with van der Waals surface area (Å²) in [5.41, 5.74) is 3.53. The maximum Gasteiger partial charge on any atom is 0.193 e. The van der Waals surface area contributed by atoms with Crippen LogP contribution in [-0.4, -0.2) is 31.9 Å². The van der Waals surface area contributed by atoms with Gasteiger partial charge in [0.15, 0.2) is 10.9 Å². The number of nitrogens with zero attached hydrogens (tertiary/aromatic N) is 2. The van der Waals surface area contributed by atoms with E-state index in [-0.39, 0.29) is 5.78 Å². The molecule has 0 radical (unpaired) electrons. The van der Waals surface area contributed by atoms with Crippen molar-refractivity contribution in [2.45, 2.75) is 20.0 Å². The summed E-state index contributed by atoms with van der Waals surface area (Å²) >= 11 is 3.01. The molecule has 0 aliphatic rings. The van der Waals surface area contributed by atoms with E-state index < -0.39 is 6.10 Å². The van der Waals surface area contributed by atoms with Crippen molar-refractivity contribution < 1.29 is 9.90 Å². The van der Waals surface area contributed by atoms with Crippen LogP contribution < -0.4 is 0 Å². The first-order valence-electron chi connectivity index (χ1n) is 8.00. The number of thiazole rings is 1. The SMILES string of the molecule is Cc1cc(C(=O)CSCC(O)c2ccccc2)c(C)n1-c1nccs1. The van der Waals surface area contributed by atoms with Crippen LogP contribution in [0.3, 0.4) is 0 Å². The Morgan fingerprint density at radius 1 is 1.32 bits per heavy atom. The van der Waals surface area contributed by atoms with Gasteiger partial charge in [0.05, 0.1) is 11.9 Å². The van der Waals surface area contributed by atoms with Gasteiger partial charge in [-0.25, -0.2) is 4.98 Å². The molecule has 0 bridgehead atoms. The fraction of sp³-hybridized carbons (Fsp3) is 0.263. The lowest BCUT2D eigenvalue weighted by Gasteiger charge is -2.10. The zero-order valence-corrected chi connectivity index (χ0v) is 15.8. The Kier molecular flexibility index (Phi) is 5.73. The van der Waals surface area contributed by atoms with Crippen LogP contribution in [0.5, 0.6) is 0 Å². The quantitative estimate of drug-likeness (QED) is 0.632. The molecule has 3 rings (SSSR count). The summed E-state index contributed by atoms with van der Waals surface area (Å²) in [5.74, 6) is 0.939. The van der Waals surface area contributed by atoms with Gasteiger partial charge in [-0.1, -0.05) is 30.3 Å². The Bertz CT molecular complexity index is 842. The number of benzene rings is 1. The van der Waals surface area contributed by atoms with Gasteiger partial charge in [-0.15, -0.1) is 11.3 Å². The molecule has 1 atom stereocenters. The second-order valence-corrected chi connectivity index (χ2v) is 7.70. The van der Waals surface area contributed by atoms with Crippen LogP contribution in [0, 0.1) is 13.8 Å². The number of hydrogen-bond donors (Lipinski definition) is 1. The molecule has 25 heavy (non-hydrogen) atoms. The predicted molar refractivity (Wildman–Crippen MR) is 104 cm³/mol. The predicted octanol–water partition coefficient (Wildman–Crippen LogP) is 4.20. The molecular weight excluding hydrogens is 352 g/mol. The van der Waals surface area contributed by atoms with E-state index >= 15 is 0 Å². The molecule has 4 nitrogen and oxygen atoms in total. The number of aliphatic hydroxyl groups is 1. The summed E-state index contributed by atoms with van der Waals surface area (Å²) in [6.45, 7) is 3.93. The van der Waals surface area contributed by atoms with Gasteiger partial charge in [0, 0.05) is 34.3 Å². The minimum absolute atomic E-state index is 0.0844. The molecule has 130 valence electrons. The molecular formula is C19H20N2O2S2. The van der Waals surface area contributed by atoms with Crippen LogP contribution in [-0.2, 0) is 0 Å². The number of carbonyl (C=O) groups is 1. The largest absolute Gasteiger partial charge is 0.388 e. The number of hydrogen-bond acceptors (Lipinski definition) is 5. The summed E-state index contributed by atoms with van der Waals surface area (Å²) in [5, 5.41) is 13.0. The highest BCUT2D eigenvalue weighted by Crippen LogP contribution is 2.24. The first kappa shape index (κ1) is 17.9. The third-order valence-electron chi connectivity index (χ3n) is 4.04. The van der Waals surface area contributed by atoms with Crippen molar-refractivity contribution in [3.05, 3.63) is 70.5 Å². The Morgan fingerprint density at radius 3 is 2.76 bits per heavy atom. The zero-order chi connectivity index (χ0) is 17.8. The van der Waals surface area contributed by atoms with Crippen LogP contribution in [0.15, 0.2) is 48.0 Å². The van der Waals surface area contributed by atoms with Gasteiger partial charge in [0.2, 0.25) is 0 Å². The third kappa shape index (κ3) is 4.03. The number of carbonyl (C=O) groups excluding carboxylic acids is 1. The molecule has 6 heteroatoms. The lowest BCUT2D eigenvalue weighted by Crippen LogP contribution is -2.08. The highest BCUT2D eigenvalue weighted by molar-refractivity contribution is 8.00. The van der Waals surface area contributed by atoms with Crippen LogP contribution >= 0.6 is 23.1 Å². The van der Waals surface area contributed by atoms with Crippen molar-refractivity contribution in [3.8, 4) is 5.13 Å².